The number of halogens is 1. The molecular weight excluding hydrogens is 431 g/mol. The summed E-state index contributed by atoms with van der Waals surface area (Å²) in [5, 5.41) is 0. The van der Waals surface area contributed by atoms with E-state index in [1.165, 1.54) is 17.0 Å². The van der Waals surface area contributed by atoms with Gasteiger partial charge in [-0.25, -0.2) is 9.18 Å². The van der Waals surface area contributed by atoms with Gasteiger partial charge in [-0.2, -0.15) is 0 Å². The van der Waals surface area contributed by atoms with Gasteiger partial charge >= 0.3 is 6.03 Å². The molecule has 0 saturated heterocycles. The number of nitrogens with zero attached hydrogens (tertiary/aromatic N) is 4. The Morgan fingerprint density at radius 1 is 0.853 bits per heavy atom. The summed E-state index contributed by atoms with van der Waals surface area (Å²) < 4.78 is 15.4. The summed E-state index contributed by atoms with van der Waals surface area (Å²) in [5.74, 6) is -0.373. The molecule has 0 aliphatic rings. The van der Waals surface area contributed by atoms with Crippen molar-refractivity contribution < 1.29 is 14.0 Å². The maximum Gasteiger partial charge on any atom is 0.319 e. The Morgan fingerprint density at radius 2 is 1.56 bits per heavy atom. The minimum Gasteiger partial charge on any atom is -0.345 e. The molecule has 0 N–H and O–H groups in total. The number of hydrogen-bond acceptors (Lipinski definition) is 2. The standard InChI is InChI=1S/C27H33FN4O2/c1-4-16-31(27(34)29(2)3)21-26(33)32(19-22-9-6-5-7-10-22)20-25-11-8-17-30(25)18-23-12-14-24(28)15-13-23/h5-15,17H,4,16,18-21H2,1-3H3. The van der Waals surface area contributed by atoms with Gasteiger partial charge in [-0.1, -0.05) is 49.4 Å². The van der Waals surface area contributed by atoms with E-state index in [1.54, 1.807) is 36.0 Å². The third-order valence-corrected chi connectivity index (χ3v) is 5.58. The summed E-state index contributed by atoms with van der Waals surface area (Å²) in [7, 11) is 3.39. The molecule has 1 heterocycles. The van der Waals surface area contributed by atoms with Crippen molar-refractivity contribution in [2.45, 2.75) is 33.0 Å². The van der Waals surface area contributed by atoms with Crippen LogP contribution in [0.15, 0.2) is 72.9 Å². The Kier molecular flexibility index (Phi) is 8.85. The van der Waals surface area contributed by atoms with Gasteiger partial charge in [0.1, 0.15) is 12.4 Å². The topological polar surface area (TPSA) is 48.8 Å². The number of urea groups is 1. The Labute approximate surface area is 201 Å². The lowest BCUT2D eigenvalue weighted by molar-refractivity contribution is -0.133. The molecule has 0 spiro atoms. The summed E-state index contributed by atoms with van der Waals surface area (Å²) in [4.78, 5) is 30.9. The molecule has 0 unspecified atom stereocenters. The Hall–Kier alpha value is -3.61. The number of amides is 3. The lowest BCUT2D eigenvalue weighted by Crippen LogP contribution is -2.46. The van der Waals surface area contributed by atoms with Crippen LogP contribution in [0.2, 0.25) is 0 Å². The molecule has 0 fully saturated rings. The van der Waals surface area contributed by atoms with Crippen LogP contribution in [-0.4, -0.2) is 58.4 Å². The van der Waals surface area contributed by atoms with Crippen LogP contribution in [0.3, 0.4) is 0 Å². The SMILES string of the molecule is CCCN(CC(=O)N(Cc1ccccc1)Cc1cccn1Cc1ccc(F)cc1)C(=O)N(C)C. The van der Waals surface area contributed by atoms with Crippen LogP contribution < -0.4 is 0 Å². The minimum atomic E-state index is -0.264. The number of benzene rings is 2. The average Bonchev–Trinajstić information content (AvgIpc) is 3.26. The second-order valence-electron chi connectivity index (χ2n) is 8.59. The third kappa shape index (κ3) is 6.94. The summed E-state index contributed by atoms with van der Waals surface area (Å²) >= 11 is 0. The largest absolute Gasteiger partial charge is 0.345 e. The van der Waals surface area contributed by atoms with Gasteiger partial charge in [-0.3, -0.25) is 4.79 Å². The van der Waals surface area contributed by atoms with Gasteiger partial charge < -0.3 is 19.3 Å². The molecule has 0 saturated carbocycles. The summed E-state index contributed by atoms with van der Waals surface area (Å²) in [6, 6.07) is 20.0. The number of carbonyl (C=O) groups excluding carboxylic acids is 2. The fourth-order valence-electron chi connectivity index (χ4n) is 3.82. The third-order valence-electron chi connectivity index (χ3n) is 5.58. The maximum atomic E-state index is 13.5. The Morgan fingerprint density at radius 3 is 2.21 bits per heavy atom. The van der Waals surface area contributed by atoms with Gasteiger partial charge in [0.15, 0.2) is 0 Å². The molecule has 3 amide bonds. The van der Waals surface area contributed by atoms with Crippen LogP contribution in [0.25, 0.3) is 0 Å². The van der Waals surface area contributed by atoms with E-state index in [0.29, 0.717) is 26.2 Å². The first-order valence-corrected chi connectivity index (χ1v) is 11.5. The van der Waals surface area contributed by atoms with Crippen molar-refractivity contribution in [3.63, 3.8) is 0 Å². The van der Waals surface area contributed by atoms with Crippen molar-refractivity contribution in [3.8, 4) is 0 Å². The zero-order chi connectivity index (χ0) is 24.5. The molecule has 34 heavy (non-hydrogen) atoms. The van der Waals surface area contributed by atoms with Crippen molar-refractivity contribution in [2.75, 3.05) is 27.2 Å². The van der Waals surface area contributed by atoms with Gasteiger partial charge in [-0.15, -0.1) is 0 Å². The molecule has 0 radical (unpaired) electrons. The first kappa shape index (κ1) is 25.0. The van der Waals surface area contributed by atoms with E-state index >= 15 is 0 Å². The van der Waals surface area contributed by atoms with Crippen molar-refractivity contribution in [1.82, 2.24) is 19.3 Å². The molecule has 7 heteroatoms. The fraction of sp³-hybridized carbons (Fsp3) is 0.333. The maximum absolute atomic E-state index is 13.5. The van der Waals surface area contributed by atoms with Crippen LogP contribution in [0.5, 0.6) is 0 Å². The molecule has 180 valence electrons. The molecule has 0 aliphatic carbocycles. The molecule has 0 bridgehead atoms. The zero-order valence-corrected chi connectivity index (χ0v) is 20.2. The highest BCUT2D eigenvalue weighted by Crippen LogP contribution is 2.15. The minimum absolute atomic E-state index is 0.0242. The monoisotopic (exact) mass is 464 g/mol. The molecule has 1 aromatic heterocycles. The van der Waals surface area contributed by atoms with E-state index in [1.807, 2.05) is 55.6 Å². The molecule has 0 atom stereocenters. The summed E-state index contributed by atoms with van der Waals surface area (Å²) in [6.45, 7) is 3.95. The van der Waals surface area contributed by atoms with E-state index in [0.717, 1.165) is 23.2 Å². The van der Waals surface area contributed by atoms with Crippen molar-refractivity contribution >= 4 is 11.9 Å². The second-order valence-corrected chi connectivity index (χ2v) is 8.59. The smallest absolute Gasteiger partial charge is 0.319 e. The Bertz CT molecular complexity index is 1060. The van der Waals surface area contributed by atoms with Gasteiger partial charge in [0.05, 0.1) is 6.54 Å². The van der Waals surface area contributed by atoms with Crippen LogP contribution in [-0.2, 0) is 24.4 Å². The van der Waals surface area contributed by atoms with Crippen molar-refractivity contribution in [1.29, 1.82) is 0 Å². The van der Waals surface area contributed by atoms with Crippen LogP contribution >= 0.6 is 0 Å². The highest BCUT2D eigenvalue weighted by Gasteiger charge is 2.23. The molecule has 6 nitrogen and oxygen atoms in total. The molecule has 0 aliphatic heterocycles. The molecule has 3 aromatic rings. The molecule has 3 rings (SSSR count). The van der Waals surface area contributed by atoms with Crippen LogP contribution in [0.4, 0.5) is 9.18 Å². The second kappa shape index (κ2) is 12.0. The summed E-state index contributed by atoms with van der Waals surface area (Å²) in [6.07, 6.45) is 2.73. The van der Waals surface area contributed by atoms with E-state index < -0.39 is 0 Å². The first-order chi connectivity index (χ1) is 16.4. The lowest BCUT2D eigenvalue weighted by atomic mass is 10.2. The van der Waals surface area contributed by atoms with E-state index in [2.05, 4.69) is 4.57 Å². The fourth-order valence-corrected chi connectivity index (χ4v) is 3.82. The predicted octanol–water partition coefficient (Wildman–Crippen LogP) is 4.60. The number of aromatic nitrogens is 1. The Balaban J connectivity index is 1.81. The number of hydrogen-bond donors (Lipinski definition) is 0. The average molecular weight is 465 g/mol. The quantitative estimate of drug-likeness (QED) is 0.440. The highest BCUT2D eigenvalue weighted by molar-refractivity contribution is 5.84. The zero-order valence-electron chi connectivity index (χ0n) is 20.2. The van der Waals surface area contributed by atoms with Crippen LogP contribution in [0.1, 0.15) is 30.2 Å². The summed E-state index contributed by atoms with van der Waals surface area (Å²) in [5.41, 5.74) is 2.97. The van der Waals surface area contributed by atoms with Gasteiger partial charge in [-0.05, 0) is 41.8 Å². The van der Waals surface area contributed by atoms with Crippen molar-refractivity contribution in [2.24, 2.45) is 0 Å². The van der Waals surface area contributed by atoms with Gasteiger partial charge in [0, 0.05) is 45.6 Å². The first-order valence-electron chi connectivity index (χ1n) is 11.5. The molecule has 2 aromatic carbocycles. The number of rotatable bonds is 10. The van der Waals surface area contributed by atoms with Crippen LogP contribution in [0, 0.1) is 5.82 Å². The normalized spacial score (nSPS) is 10.7. The van der Waals surface area contributed by atoms with E-state index in [-0.39, 0.29) is 24.3 Å². The number of carbonyl (C=O) groups is 2. The lowest BCUT2D eigenvalue weighted by Gasteiger charge is -2.29. The van der Waals surface area contributed by atoms with E-state index in [9.17, 15) is 14.0 Å². The molecular formula is C27H33FN4O2. The van der Waals surface area contributed by atoms with Gasteiger partial charge in [0.2, 0.25) is 5.91 Å². The van der Waals surface area contributed by atoms with E-state index in [4.69, 9.17) is 0 Å². The predicted molar refractivity (Wildman–Crippen MR) is 132 cm³/mol. The van der Waals surface area contributed by atoms with Crippen molar-refractivity contribution in [3.05, 3.63) is 95.6 Å². The highest BCUT2D eigenvalue weighted by atomic mass is 19.1. The van der Waals surface area contributed by atoms with Gasteiger partial charge in [0.25, 0.3) is 0 Å².